The molecule has 33 heavy (non-hydrogen) atoms. The maximum Gasteiger partial charge on any atom is 0.196 e. The van der Waals surface area contributed by atoms with Crippen molar-refractivity contribution in [3.63, 3.8) is 0 Å². The maximum atomic E-state index is 10.7. The molecule has 6 rings (SSSR count). The average Bonchev–Trinajstić information content (AvgIpc) is 3.40. The fraction of sp³-hybridized carbons (Fsp3) is 0.0800. The number of anilines is 2. The van der Waals surface area contributed by atoms with Crippen LogP contribution in [0.25, 0.3) is 42.9 Å². The van der Waals surface area contributed by atoms with Crippen molar-refractivity contribution in [3.05, 3.63) is 72.6 Å². The monoisotopic (exact) mass is 474 g/mol. The van der Waals surface area contributed by atoms with Crippen molar-refractivity contribution in [3.8, 4) is 16.3 Å². The zero-order valence-electron chi connectivity index (χ0n) is 17.6. The first-order valence-electron chi connectivity index (χ1n) is 10.3. The van der Waals surface area contributed by atoms with Crippen LogP contribution in [0.3, 0.4) is 0 Å². The van der Waals surface area contributed by atoms with Gasteiger partial charge in [-0.2, -0.15) is 0 Å². The van der Waals surface area contributed by atoms with Gasteiger partial charge >= 0.3 is 0 Å². The SMILES string of the molecule is CCc1nc(Nc2ccc(-c3nc4ccccc4s3)c(O)c2)c2oc3ccccc3c2n1.Cl. The molecule has 0 saturated heterocycles. The third-order valence-electron chi connectivity index (χ3n) is 5.37. The summed E-state index contributed by atoms with van der Waals surface area (Å²) in [7, 11) is 0. The number of phenols is 1. The first-order valence-corrected chi connectivity index (χ1v) is 11.2. The summed E-state index contributed by atoms with van der Waals surface area (Å²) in [6.07, 6.45) is 0.700. The largest absolute Gasteiger partial charge is 0.507 e. The molecule has 3 heterocycles. The lowest BCUT2D eigenvalue weighted by molar-refractivity contribution is 0.477. The van der Waals surface area contributed by atoms with E-state index in [1.807, 2.05) is 67.6 Å². The van der Waals surface area contributed by atoms with Gasteiger partial charge in [0.05, 0.1) is 15.8 Å². The van der Waals surface area contributed by atoms with E-state index < -0.39 is 0 Å². The van der Waals surface area contributed by atoms with Gasteiger partial charge in [0.1, 0.15) is 27.7 Å². The number of aromatic nitrogens is 3. The number of phenolic OH excluding ortho intramolecular Hbond substituents is 1. The Kier molecular flexibility index (Phi) is 5.36. The first-order chi connectivity index (χ1) is 15.7. The highest BCUT2D eigenvalue weighted by Gasteiger charge is 2.16. The number of thiazole rings is 1. The van der Waals surface area contributed by atoms with Gasteiger partial charge in [-0.15, -0.1) is 23.7 Å². The summed E-state index contributed by atoms with van der Waals surface area (Å²) in [6.45, 7) is 2.02. The summed E-state index contributed by atoms with van der Waals surface area (Å²) in [6, 6.07) is 21.2. The second kappa shape index (κ2) is 8.35. The number of nitrogens with one attached hydrogen (secondary N) is 1. The molecular weight excluding hydrogens is 456 g/mol. The minimum absolute atomic E-state index is 0. The Morgan fingerprint density at radius 2 is 1.79 bits per heavy atom. The van der Waals surface area contributed by atoms with Crippen molar-refractivity contribution >= 4 is 67.5 Å². The van der Waals surface area contributed by atoms with Crippen molar-refractivity contribution in [2.24, 2.45) is 0 Å². The van der Waals surface area contributed by atoms with E-state index in [2.05, 4.69) is 20.3 Å². The lowest BCUT2D eigenvalue weighted by atomic mass is 10.2. The van der Waals surface area contributed by atoms with Crippen LogP contribution in [0.5, 0.6) is 5.75 Å². The topological polar surface area (TPSA) is 84.1 Å². The van der Waals surface area contributed by atoms with E-state index in [0.717, 1.165) is 37.5 Å². The minimum atomic E-state index is 0. The van der Waals surface area contributed by atoms with Crippen molar-refractivity contribution in [2.75, 3.05) is 5.32 Å². The molecule has 6 nitrogen and oxygen atoms in total. The molecule has 8 heteroatoms. The Hall–Kier alpha value is -3.68. The molecule has 0 unspecified atom stereocenters. The van der Waals surface area contributed by atoms with Crippen LogP contribution in [0.4, 0.5) is 11.5 Å². The number of benzene rings is 3. The number of nitrogens with zero attached hydrogens (tertiary/aromatic N) is 3. The molecule has 3 aromatic carbocycles. The third-order valence-corrected chi connectivity index (χ3v) is 6.44. The van der Waals surface area contributed by atoms with E-state index in [1.54, 1.807) is 17.4 Å². The Labute approximate surface area is 199 Å². The summed E-state index contributed by atoms with van der Waals surface area (Å²) in [5, 5.41) is 15.8. The van der Waals surface area contributed by atoms with E-state index >= 15 is 0 Å². The van der Waals surface area contributed by atoms with Gasteiger partial charge in [0, 0.05) is 23.6 Å². The van der Waals surface area contributed by atoms with Crippen LogP contribution < -0.4 is 5.32 Å². The van der Waals surface area contributed by atoms with Crippen LogP contribution >= 0.6 is 23.7 Å². The van der Waals surface area contributed by atoms with Gasteiger partial charge in [0.15, 0.2) is 11.4 Å². The number of aryl methyl sites for hydroxylation is 1. The van der Waals surface area contributed by atoms with Crippen LogP contribution in [0.15, 0.2) is 71.1 Å². The molecule has 0 aliphatic carbocycles. The van der Waals surface area contributed by atoms with E-state index in [4.69, 9.17) is 4.42 Å². The van der Waals surface area contributed by atoms with Crippen LogP contribution in [-0.2, 0) is 6.42 Å². The van der Waals surface area contributed by atoms with E-state index in [9.17, 15) is 5.11 Å². The number of furan rings is 1. The molecule has 0 aliphatic heterocycles. The number of hydrogen-bond donors (Lipinski definition) is 2. The molecule has 3 aromatic heterocycles. The van der Waals surface area contributed by atoms with Gasteiger partial charge in [-0.1, -0.05) is 31.2 Å². The Balaban J connectivity index is 0.00000228. The standard InChI is InChI=1S/C25H18N4O2S.ClH/c1-2-21-28-22-16-7-3-5-9-19(16)31-23(22)24(29-21)26-14-11-12-15(18(30)13-14)25-27-17-8-4-6-10-20(17)32-25;/h3-13,30H,2H2,1H3,(H,26,28,29);1H. The lowest BCUT2D eigenvalue weighted by Crippen LogP contribution is -2.00. The van der Waals surface area contributed by atoms with Crippen LogP contribution in [0, 0.1) is 0 Å². The third kappa shape index (κ3) is 3.65. The molecule has 0 bridgehead atoms. The highest BCUT2D eigenvalue weighted by Crippen LogP contribution is 2.38. The Bertz CT molecular complexity index is 1590. The number of para-hydroxylation sites is 2. The highest BCUT2D eigenvalue weighted by molar-refractivity contribution is 7.21. The predicted octanol–water partition coefficient (Wildman–Crippen LogP) is 7.09. The lowest BCUT2D eigenvalue weighted by Gasteiger charge is -2.09. The molecule has 0 spiro atoms. The minimum Gasteiger partial charge on any atom is -0.507 e. The van der Waals surface area contributed by atoms with Crippen LogP contribution in [0.1, 0.15) is 12.7 Å². The normalized spacial score (nSPS) is 11.2. The Morgan fingerprint density at radius 3 is 2.61 bits per heavy atom. The summed E-state index contributed by atoms with van der Waals surface area (Å²) >= 11 is 1.56. The van der Waals surface area contributed by atoms with Crippen molar-refractivity contribution in [1.82, 2.24) is 15.0 Å². The number of halogens is 1. The first kappa shape index (κ1) is 21.2. The van der Waals surface area contributed by atoms with Crippen molar-refractivity contribution in [1.29, 1.82) is 0 Å². The summed E-state index contributed by atoms with van der Waals surface area (Å²) in [5.74, 6) is 1.46. The molecule has 2 N–H and O–H groups in total. The van der Waals surface area contributed by atoms with Crippen molar-refractivity contribution in [2.45, 2.75) is 13.3 Å². The number of fused-ring (bicyclic) bond motifs is 4. The number of aromatic hydroxyl groups is 1. The summed E-state index contributed by atoms with van der Waals surface area (Å²) in [5.41, 5.74) is 4.47. The maximum absolute atomic E-state index is 10.7. The van der Waals surface area contributed by atoms with Gasteiger partial charge in [-0.25, -0.2) is 15.0 Å². The molecule has 164 valence electrons. The zero-order valence-corrected chi connectivity index (χ0v) is 19.2. The molecule has 6 aromatic rings. The molecule has 0 saturated carbocycles. The fourth-order valence-electron chi connectivity index (χ4n) is 3.79. The van der Waals surface area contributed by atoms with Gasteiger partial charge < -0.3 is 14.8 Å². The number of rotatable bonds is 4. The second-order valence-electron chi connectivity index (χ2n) is 7.46. The molecule has 0 amide bonds. The summed E-state index contributed by atoms with van der Waals surface area (Å²) in [4.78, 5) is 14.0. The molecule has 0 atom stereocenters. The van der Waals surface area contributed by atoms with Crippen LogP contribution in [-0.4, -0.2) is 20.1 Å². The molecule has 0 fully saturated rings. The van der Waals surface area contributed by atoms with Gasteiger partial charge in [-0.3, -0.25) is 0 Å². The van der Waals surface area contributed by atoms with E-state index in [0.29, 0.717) is 29.1 Å². The molecule has 0 aliphatic rings. The highest BCUT2D eigenvalue weighted by atomic mass is 35.5. The van der Waals surface area contributed by atoms with Gasteiger partial charge in [0.2, 0.25) is 0 Å². The quantitative estimate of drug-likeness (QED) is 0.284. The second-order valence-corrected chi connectivity index (χ2v) is 8.49. The average molecular weight is 475 g/mol. The van der Waals surface area contributed by atoms with E-state index in [1.165, 1.54) is 0 Å². The Morgan fingerprint density at radius 1 is 0.970 bits per heavy atom. The van der Waals surface area contributed by atoms with Crippen molar-refractivity contribution < 1.29 is 9.52 Å². The van der Waals surface area contributed by atoms with Gasteiger partial charge in [-0.05, 0) is 36.4 Å². The van der Waals surface area contributed by atoms with Crippen LogP contribution in [0.2, 0.25) is 0 Å². The van der Waals surface area contributed by atoms with E-state index in [-0.39, 0.29) is 18.2 Å². The molecule has 0 radical (unpaired) electrons. The number of hydrogen-bond acceptors (Lipinski definition) is 7. The smallest absolute Gasteiger partial charge is 0.196 e. The molecular formula is C25H19ClN4O2S. The van der Waals surface area contributed by atoms with Gasteiger partial charge in [0.25, 0.3) is 0 Å². The zero-order chi connectivity index (χ0) is 21.7. The fourth-order valence-corrected chi connectivity index (χ4v) is 4.79. The predicted molar refractivity (Wildman–Crippen MR) is 136 cm³/mol. The summed E-state index contributed by atoms with van der Waals surface area (Å²) < 4.78 is 7.14.